The monoisotopic (exact) mass is 407 g/mol. The number of sulfone groups is 1. The Balaban J connectivity index is 1.38. The molecule has 3 aliphatic heterocycles. The number of fused-ring (bicyclic) bond motifs is 1. The number of amides is 2. The second-order valence-corrected chi connectivity index (χ2v) is 9.75. The molecule has 4 rings (SSSR count). The Kier molecular flexibility index (Phi) is 5.29. The Morgan fingerprint density at radius 2 is 1.89 bits per heavy atom. The standard InChI is InChI=1S/C19H25N3O5S/c23-18-5-11-27-17-4-2-1-3-16(17)22(18)13-19(24)21-9-7-20(8-10-21)15-6-12-28(25,26)14-15/h1-4,15H,5-14H2/t15-/m0/s1. The lowest BCUT2D eigenvalue weighted by Gasteiger charge is -2.38. The predicted molar refractivity (Wildman–Crippen MR) is 104 cm³/mol. The van der Waals surface area contributed by atoms with Gasteiger partial charge in [-0.3, -0.25) is 19.4 Å². The van der Waals surface area contributed by atoms with Gasteiger partial charge in [0, 0.05) is 32.2 Å². The van der Waals surface area contributed by atoms with Crippen molar-refractivity contribution in [3.63, 3.8) is 0 Å². The highest BCUT2D eigenvalue weighted by atomic mass is 32.2. The van der Waals surface area contributed by atoms with Crippen LogP contribution in [0, 0.1) is 0 Å². The molecule has 28 heavy (non-hydrogen) atoms. The van der Waals surface area contributed by atoms with Crippen molar-refractivity contribution in [3.05, 3.63) is 24.3 Å². The number of hydrogen-bond donors (Lipinski definition) is 0. The molecule has 0 radical (unpaired) electrons. The number of nitrogens with zero attached hydrogens (tertiary/aromatic N) is 3. The van der Waals surface area contributed by atoms with Gasteiger partial charge in [0.25, 0.3) is 0 Å². The number of anilines is 1. The maximum Gasteiger partial charge on any atom is 0.242 e. The highest BCUT2D eigenvalue weighted by Crippen LogP contribution is 2.31. The van der Waals surface area contributed by atoms with Crippen LogP contribution in [-0.4, -0.2) is 86.9 Å². The predicted octanol–water partition coefficient (Wildman–Crippen LogP) is 0.133. The Labute approximate surface area is 164 Å². The number of carbonyl (C=O) groups excluding carboxylic acids is 2. The first kappa shape index (κ1) is 19.2. The van der Waals surface area contributed by atoms with E-state index in [-0.39, 0.29) is 42.3 Å². The van der Waals surface area contributed by atoms with E-state index in [1.165, 1.54) is 4.90 Å². The molecule has 152 valence electrons. The number of rotatable bonds is 3. The van der Waals surface area contributed by atoms with Crippen molar-refractivity contribution in [2.75, 3.05) is 55.7 Å². The zero-order valence-electron chi connectivity index (χ0n) is 15.7. The number of carbonyl (C=O) groups is 2. The molecule has 2 fully saturated rings. The Hall–Kier alpha value is -2.13. The molecular formula is C19H25N3O5S. The molecule has 1 aromatic rings. The first-order valence-corrected chi connectivity index (χ1v) is 11.5. The third-order valence-corrected chi connectivity index (χ3v) is 7.47. The first-order chi connectivity index (χ1) is 13.4. The Bertz CT molecular complexity index is 864. The van der Waals surface area contributed by atoms with E-state index in [1.807, 2.05) is 12.1 Å². The number of hydrogen-bond acceptors (Lipinski definition) is 6. The van der Waals surface area contributed by atoms with E-state index in [9.17, 15) is 18.0 Å². The molecule has 0 saturated carbocycles. The summed E-state index contributed by atoms with van der Waals surface area (Å²) in [5.74, 6) is 0.889. The fraction of sp³-hybridized carbons (Fsp3) is 0.579. The Morgan fingerprint density at radius 3 is 2.61 bits per heavy atom. The first-order valence-electron chi connectivity index (χ1n) is 9.67. The molecule has 0 spiro atoms. The van der Waals surface area contributed by atoms with Gasteiger partial charge in [-0.25, -0.2) is 8.42 Å². The number of benzene rings is 1. The van der Waals surface area contributed by atoms with Crippen molar-refractivity contribution in [2.24, 2.45) is 0 Å². The maximum absolute atomic E-state index is 12.8. The molecule has 1 atom stereocenters. The van der Waals surface area contributed by atoms with E-state index in [0.717, 1.165) is 0 Å². The smallest absolute Gasteiger partial charge is 0.242 e. The summed E-state index contributed by atoms with van der Waals surface area (Å²) in [4.78, 5) is 30.8. The molecule has 0 bridgehead atoms. The molecule has 3 aliphatic rings. The SMILES string of the molecule is O=C(CN1C(=O)CCOc2ccccc21)N1CCN([C@H]2CCS(=O)(=O)C2)CC1. The van der Waals surface area contributed by atoms with Crippen molar-refractivity contribution in [3.8, 4) is 5.75 Å². The van der Waals surface area contributed by atoms with E-state index in [2.05, 4.69) is 4.90 Å². The van der Waals surface area contributed by atoms with Crippen LogP contribution in [0.15, 0.2) is 24.3 Å². The van der Waals surface area contributed by atoms with Crippen molar-refractivity contribution in [1.82, 2.24) is 9.80 Å². The third-order valence-electron chi connectivity index (χ3n) is 5.72. The van der Waals surface area contributed by atoms with Crippen LogP contribution >= 0.6 is 0 Å². The molecule has 3 heterocycles. The largest absolute Gasteiger partial charge is 0.491 e. The van der Waals surface area contributed by atoms with Crippen LogP contribution in [0.2, 0.25) is 0 Å². The Morgan fingerprint density at radius 1 is 1.14 bits per heavy atom. The van der Waals surface area contributed by atoms with E-state index >= 15 is 0 Å². The van der Waals surface area contributed by atoms with Gasteiger partial charge < -0.3 is 9.64 Å². The van der Waals surface area contributed by atoms with Crippen LogP contribution in [-0.2, 0) is 19.4 Å². The van der Waals surface area contributed by atoms with E-state index in [4.69, 9.17) is 4.74 Å². The van der Waals surface area contributed by atoms with Crippen molar-refractivity contribution < 1.29 is 22.7 Å². The average molecular weight is 407 g/mol. The number of para-hydroxylation sites is 2. The third kappa shape index (κ3) is 4.00. The molecule has 0 aromatic heterocycles. The van der Waals surface area contributed by atoms with Crippen LogP contribution in [0.1, 0.15) is 12.8 Å². The highest BCUT2D eigenvalue weighted by molar-refractivity contribution is 7.91. The molecule has 9 heteroatoms. The van der Waals surface area contributed by atoms with Gasteiger partial charge in [0.15, 0.2) is 9.84 Å². The highest BCUT2D eigenvalue weighted by Gasteiger charge is 2.35. The van der Waals surface area contributed by atoms with Gasteiger partial charge in [-0.05, 0) is 18.6 Å². The second kappa shape index (κ2) is 7.71. The summed E-state index contributed by atoms with van der Waals surface area (Å²) in [5.41, 5.74) is 0.633. The molecule has 0 N–H and O–H groups in total. The van der Waals surface area contributed by atoms with Crippen molar-refractivity contribution in [1.29, 1.82) is 0 Å². The molecule has 1 aromatic carbocycles. The van der Waals surface area contributed by atoms with E-state index < -0.39 is 9.84 Å². The average Bonchev–Trinajstić information content (AvgIpc) is 2.98. The van der Waals surface area contributed by atoms with Gasteiger partial charge in [0.2, 0.25) is 11.8 Å². The van der Waals surface area contributed by atoms with E-state index in [0.29, 0.717) is 50.6 Å². The lowest BCUT2D eigenvalue weighted by atomic mass is 10.2. The lowest BCUT2D eigenvalue weighted by molar-refractivity contribution is -0.133. The molecule has 2 saturated heterocycles. The van der Waals surface area contributed by atoms with Crippen LogP contribution in [0.3, 0.4) is 0 Å². The minimum Gasteiger partial charge on any atom is -0.491 e. The number of piperazine rings is 1. The zero-order valence-corrected chi connectivity index (χ0v) is 16.6. The summed E-state index contributed by atoms with van der Waals surface area (Å²) >= 11 is 0. The minimum absolute atomic E-state index is 0.00296. The van der Waals surface area contributed by atoms with Crippen LogP contribution < -0.4 is 9.64 Å². The van der Waals surface area contributed by atoms with Crippen molar-refractivity contribution >= 4 is 27.3 Å². The fourth-order valence-corrected chi connectivity index (χ4v) is 5.89. The quantitative estimate of drug-likeness (QED) is 0.708. The van der Waals surface area contributed by atoms with Gasteiger partial charge in [-0.2, -0.15) is 0 Å². The second-order valence-electron chi connectivity index (χ2n) is 7.52. The number of ether oxygens (including phenoxy) is 1. The molecule has 8 nitrogen and oxygen atoms in total. The summed E-state index contributed by atoms with van der Waals surface area (Å²) in [6, 6.07) is 7.34. The topological polar surface area (TPSA) is 87.2 Å². The van der Waals surface area contributed by atoms with Crippen molar-refractivity contribution in [2.45, 2.75) is 18.9 Å². The molecule has 0 aliphatic carbocycles. The summed E-state index contributed by atoms with van der Waals surface area (Å²) in [7, 11) is -2.91. The van der Waals surface area contributed by atoms with Gasteiger partial charge in [0.05, 0.1) is 30.2 Å². The summed E-state index contributed by atoms with van der Waals surface area (Å²) in [6.45, 7) is 2.74. The van der Waals surface area contributed by atoms with Crippen LogP contribution in [0.4, 0.5) is 5.69 Å². The molecule has 0 unspecified atom stereocenters. The minimum atomic E-state index is -2.91. The van der Waals surface area contributed by atoms with Gasteiger partial charge in [-0.15, -0.1) is 0 Å². The normalized spacial score (nSPS) is 25.1. The summed E-state index contributed by atoms with van der Waals surface area (Å²) < 4.78 is 29.0. The van der Waals surface area contributed by atoms with Gasteiger partial charge in [-0.1, -0.05) is 12.1 Å². The zero-order chi connectivity index (χ0) is 19.7. The fourth-order valence-electron chi connectivity index (χ4n) is 4.13. The molecular weight excluding hydrogens is 382 g/mol. The van der Waals surface area contributed by atoms with Gasteiger partial charge >= 0.3 is 0 Å². The summed E-state index contributed by atoms with van der Waals surface area (Å²) in [6.07, 6.45) is 0.918. The lowest BCUT2D eigenvalue weighted by Crippen LogP contribution is -2.54. The van der Waals surface area contributed by atoms with Crippen LogP contribution in [0.5, 0.6) is 5.75 Å². The summed E-state index contributed by atoms with van der Waals surface area (Å²) in [5, 5.41) is 0. The van der Waals surface area contributed by atoms with Crippen LogP contribution in [0.25, 0.3) is 0 Å². The maximum atomic E-state index is 12.8. The van der Waals surface area contributed by atoms with Gasteiger partial charge in [0.1, 0.15) is 12.3 Å². The van der Waals surface area contributed by atoms with E-state index in [1.54, 1.807) is 17.0 Å². The molecule has 2 amide bonds.